The van der Waals surface area contributed by atoms with Gasteiger partial charge in [-0.25, -0.2) is 0 Å². The Morgan fingerprint density at radius 2 is 1.45 bits per heavy atom. The van der Waals surface area contributed by atoms with E-state index in [4.69, 9.17) is 9.47 Å². The molecule has 1 N–H and O–H groups in total. The van der Waals surface area contributed by atoms with Crippen molar-refractivity contribution in [3.63, 3.8) is 0 Å². The molecule has 0 aliphatic heterocycles. The van der Waals surface area contributed by atoms with Crippen LogP contribution in [-0.2, 0) is 20.1 Å². The number of ether oxygens (including phenoxy) is 2. The van der Waals surface area contributed by atoms with Gasteiger partial charge in [-0.2, -0.15) is 0 Å². The average Bonchev–Trinajstić information content (AvgIpc) is 2.56. The van der Waals surface area contributed by atoms with Crippen LogP contribution in [0.2, 0.25) is 0 Å². The fourth-order valence-corrected chi connectivity index (χ4v) is 2.25. The van der Waals surface area contributed by atoms with Crippen LogP contribution in [0, 0.1) is 0 Å². The first-order chi connectivity index (χ1) is 10.7. The third-order valence-corrected chi connectivity index (χ3v) is 3.22. The van der Waals surface area contributed by atoms with Crippen molar-refractivity contribution in [2.24, 2.45) is 0 Å². The monoisotopic (exact) mass is 299 g/mol. The number of aldehydes is 1. The highest BCUT2D eigenvalue weighted by Gasteiger charge is 2.33. The van der Waals surface area contributed by atoms with Gasteiger partial charge < -0.3 is 14.8 Å². The van der Waals surface area contributed by atoms with E-state index in [2.05, 4.69) is 5.32 Å². The van der Waals surface area contributed by atoms with Gasteiger partial charge in [0.2, 0.25) is 0 Å². The summed E-state index contributed by atoms with van der Waals surface area (Å²) in [6, 6.07) is 17.4. The van der Waals surface area contributed by atoms with Crippen molar-refractivity contribution in [1.82, 2.24) is 0 Å². The van der Waals surface area contributed by atoms with Crippen LogP contribution in [0.4, 0.5) is 11.4 Å². The number of anilines is 2. The summed E-state index contributed by atoms with van der Waals surface area (Å²) >= 11 is 0. The lowest BCUT2D eigenvalue weighted by Crippen LogP contribution is -2.35. The minimum absolute atomic E-state index is 0.392. The molecular formula is C18H21NO3. The van der Waals surface area contributed by atoms with Crippen molar-refractivity contribution in [3.8, 4) is 0 Å². The number of hydrogen-bond donors (Lipinski definition) is 1. The maximum absolute atomic E-state index is 11.5. The van der Waals surface area contributed by atoms with Gasteiger partial charge >= 0.3 is 0 Å². The molecule has 4 heteroatoms. The second-order valence-electron chi connectivity index (χ2n) is 4.72. The van der Waals surface area contributed by atoms with Gasteiger partial charge in [0.25, 0.3) is 5.79 Å². The molecule has 2 rings (SSSR count). The normalized spacial score (nSPS) is 11.2. The molecule has 0 fully saturated rings. The molecule has 0 aliphatic rings. The molecule has 0 bridgehead atoms. The lowest BCUT2D eigenvalue weighted by Gasteiger charge is -2.28. The van der Waals surface area contributed by atoms with Crippen LogP contribution in [0.5, 0.6) is 0 Å². The molecule has 0 heterocycles. The molecule has 0 unspecified atom stereocenters. The van der Waals surface area contributed by atoms with Gasteiger partial charge in [0.1, 0.15) is 0 Å². The molecule has 2 aromatic rings. The van der Waals surface area contributed by atoms with E-state index in [1.54, 1.807) is 0 Å². The maximum atomic E-state index is 11.5. The lowest BCUT2D eigenvalue weighted by molar-refractivity contribution is -0.222. The number of rotatable bonds is 8. The molecule has 22 heavy (non-hydrogen) atoms. The Balaban J connectivity index is 2.20. The largest absolute Gasteiger partial charge is 0.356 e. The quantitative estimate of drug-likeness (QED) is 0.594. The molecular weight excluding hydrogens is 278 g/mol. The van der Waals surface area contributed by atoms with Crippen LogP contribution in [0.15, 0.2) is 54.6 Å². The van der Waals surface area contributed by atoms with Crippen LogP contribution in [0.3, 0.4) is 0 Å². The first-order valence-electron chi connectivity index (χ1n) is 7.41. The summed E-state index contributed by atoms with van der Waals surface area (Å²) in [5, 5.41) is 3.29. The molecule has 0 aromatic heterocycles. The number of nitrogens with one attached hydrogen (secondary N) is 1. The molecule has 0 saturated heterocycles. The molecule has 0 radical (unpaired) electrons. The zero-order chi connectivity index (χ0) is 15.8. The van der Waals surface area contributed by atoms with Crippen LogP contribution < -0.4 is 5.32 Å². The van der Waals surface area contributed by atoms with Gasteiger partial charge in [0.15, 0.2) is 6.29 Å². The van der Waals surface area contributed by atoms with Gasteiger partial charge in [-0.15, -0.1) is 0 Å². The topological polar surface area (TPSA) is 47.6 Å². The average molecular weight is 299 g/mol. The van der Waals surface area contributed by atoms with Crippen molar-refractivity contribution in [2.75, 3.05) is 18.5 Å². The van der Waals surface area contributed by atoms with Crippen molar-refractivity contribution in [1.29, 1.82) is 0 Å². The fourth-order valence-electron chi connectivity index (χ4n) is 2.25. The number of para-hydroxylation sites is 1. The van der Waals surface area contributed by atoms with E-state index in [9.17, 15) is 4.79 Å². The molecule has 0 atom stereocenters. The third-order valence-electron chi connectivity index (χ3n) is 3.22. The first-order valence-corrected chi connectivity index (χ1v) is 7.41. The minimum Gasteiger partial charge on any atom is -0.356 e. The predicted molar refractivity (Wildman–Crippen MR) is 87.2 cm³/mol. The van der Waals surface area contributed by atoms with Crippen molar-refractivity contribution in [3.05, 3.63) is 60.2 Å². The Morgan fingerprint density at radius 3 is 1.95 bits per heavy atom. The summed E-state index contributed by atoms with van der Waals surface area (Å²) in [6.07, 6.45) is 0.708. The zero-order valence-electron chi connectivity index (χ0n) is 12.9. The molecule has 116 valence electrons. The van der Waals surface area contributed by atoms with E-state index in [0.717, 1.165) is 11.4 Å². The van der Waals surface area contributed by atoms with Crippen LogP contribution >= 0.6 is 0 Å². The summed E-state index contributed by atoms with van der Waals surface area (Å²) in [6.45, 7) is 4.46. The van der Waals surface area contributed by atoms with Gasteiger partial charge in [0, 0.05) is 30.2 Å². The summed E-state index contributed by atoms with van der Waals surface area (Å²) < 4.78 is 11.1. The summed E-state index contributed by atoms with van der Waals surface area (Å²) in [5.74, 6) is -1.32. The molecule has 0 amide bonds. The summed E-state index contributed by atoms with van der Waals surface area (Å²) in [5.41, 5.74) is 2.62. The Bertz CT molecular complexity index is 575. The van der Waals surface area contributed by atoms with Gasteiger partial charge in [-0.05, 0) is 38.1 Å². The van der Waals surface area contributed by atoms with Crippen LogP contribution in [0.1, 0.15) is 19.4 Å². The molecule has 2 aromatic carbocycles. The van der Waals surface area contributed by atoms with Crippen molar-refractivity contribution >= 4 is 17.7 Å². The van der Waals surface area contributed by atoms with E-state index in [1.165, 1.54) is 0 Å². The van der Waals surface area contributed by atoms with Crippen molar-refractivity contribution in [2.45, 2.75) is 19.6 Å². The smallest absolute Gasteiger partial charge is 0.253 e. The molecule has 0 saturated carbocycles. The fraction of sp³-hybridized carbons (Fsp3) is 0.278. The maximum Gasteiger partial charge on any atom is 0.253 e. The van der Waals surface area contributed by atoms with Crippen LogP contribution in [0.25, 0.3) is 0 Å². The number of benzene rings is 2. The minimum atomic E-state index is -1.32. The predicted octanol–water partition coefficient (Wildman–Crippen LogP) is 3.85. The Kier molecular flexibility index (Phi) is 5.69. The third kappa shape index (κ3) is 3.72. The second kappa shape index (κ2) is 7.73. The van der Waals surface area contributed by atoms with E-state index in [-0.39, 0.29) is 0 Å². The summed E-state index contributed by atoms with van der Waals surface area (Å²) in [7, 11) is 0. The van der Waals surface area contributed by atoms with E-state index >= 15 is 0 Å². The van der Waals surface area contributed by atoms with E-state index in [0.29, 0.717) is 25.1 Å². The highest BCUT2D eigenvalue weighted by Crippen LogP contribution is 2.27. The Hall–Kier alpha value is -2.17. The number of carbonyl (C=O) groups excluding carboxylic acids is 1. The van der Waals surface area contributed by atoms with E-state index < -0.39 is 5.79 Å². The first kappa shape index (κ1) is 16.2. The van der Waals surface area contributed by atoms with Gasteiger partial charge in [-0.1, -0.05) is 30.3 Å². The molecule has 0 aliphatic carbocycles. The standard InChI is InChI=1S/C18H21NO3/c1-3-21-18(14-20,22-4-2)15-10-12-17(13-11-15)19-16-8-6-5-7-9-16/h5-14,19H,3-4H2,1-2H3. The van der Waals surface area contributed by atoms with E-state index in [1.807, 2.05) is 68.4 Å². The Morgan fingerprint density at radius 1 is 0.909 bits per heavy atom. The number of hydrogen-bond acceptors (Lipinski definition) is 4. The lowest BCUT2D eigenvalue weighted by atomic mass is 10.1. The van der Waals surface area contributed by atoms with Crippen molar-refractivity contribution < 1.29 is 14.3 Å². The SMILES string of the molecule is CCOC(C=O)(OCC)c1ccc(Nc2ccccc2)cc1. The zero-order valence-corrected chi connectivity index (χ0v) is 12.9. The molecule has 0 spiro atoms. The number of carbonyl (C=O) groups is 1. The van der Waals surface area contributed by atoms with Gasteiger partial charge in [-0.3, -0.25) is 4.79 Å². The highest BCUT2D eigenvalue weighted by molar-refractivity contribution is 5.66. The highest BCUT2D eigenvalue weighted by atomic mass is 16.7. The summed E-state index contributed by atoms with van der Waals surface area (Å²) in [4.78, 5) is 11.5. The molecule has 4 nitrogen and oxygen atoms in total. The Labute approximate surface area is 131 Å². The van der Waals surface area contributed by atoms with Gasteiger partial charge in [0.05, 0.1) is 0 Å². The second-order valence-corrected chi connectivity index (χ2v) is 4.72. The van der Waals surface area contributed by atoms with Crippen LogP contribution in [-0.4, -0.2) is 19.5 Å².